The zero-order valence-corrected chi connectivity index (χ0v) is 7.78. The van der Waals surface area contributed by atoms with Crippen molar-refractivity contribution in [2.45, 2.75) is 18.5 Å². The zero-order valence-electron chi connectivity index (χ0n) is 7.78. The van der Waals surface area contributed by atoms with Crippen LogP contribution in [0.3, 0.4) is 0 Å². The summed E-state index contributed by atoms with van der Waals surface area (Å²) < 4.78 is 12.9. The van der Waals surface area contributed by atoms with Gasteiger partial charge in [-0.25, -0.2) is 4.39 Å². The monoisotopic (exact) mass is 186 g/mol. The van der Waals surface area contributed by atoms with Crippen LogP contribution in [0.25, 0.3) is 10.8 Å². The molecule has 0 heterocycles. The Morgan fingerprint density at radius 2 is 1.71 bits per heavy atom. The van der Waals surface area contributed by atoms with Crippen molar-refractivity contribution in [2.24, 2.45) is 0 Å². The first-order valence-corrected chi connectivity index (χ1v) is 4.97. The summed E-state index contributed by atoms with van der Waals surface area (Å²) in [6.45, 7) is 0. The lowest BCUT2D eigenvalue weighted by atomic mass is 10.0. The van der Waals surface area contributed by atoms with Gasteiger partial charge in [-0.05, 0) is 22.8 Å². The molecule has 1 aliphatic carbocycles. The second kappa shape index (κ2) is 2.81. The maximum atomic E-state index is 12.9. The second-order valence-electron chi connectivity index (χ2n) is 3.96. The van der Waals surface area contributed by atoms with Gasteiger partial charge in [0.15, 0.2) is 0 Å². The number of halogens is 1. The van der Waals surface area contributed by atoms with Gasteiger partial charge in [0.2, 0.25) is 0 Å². The SMILES string of the molecule is F[C@@H]1C[C@H]1c1ccc2ccccc2c1. The van der Waals surface area contributed by atoms with E-state index in [4.69, 9.17) is 0 Å². The van der Waals surface area contributed by atoms with Crippen LogP contribution in [0.2, 0.25) is 0 Å². The summed E-state index contributed by atoms with van der Waals surface area (Å²) in [6, 6.07) is 14.4. The molecule has 0 spiro atoms. The first-order valence-electron chi connectivity index (χ1n) is 4.97. The predicted octanol–water partition coefficient (Wildman–Crippen LogP) is 3.67. The molecule has 0 nitrogen and oxygen atoms in total. The molecule has 1 fully saturated rings. The van der Waals surface area contributed by atoms with Crippen molar-refractivity contribution in [1.29, 1.82) is 0 Å². The molecule has 3 rings (SSSR count). The van der Waals surface area contributed by atoms with E-state index in [1.54, 1.807) is 0 Å². The van der Waals surface area contributed by atoms with Crippen molar-refractivity contribution in [2.75, 3.05) is 0 Å². The van der Waals surface area contributed by atoms with Crippen LogP contribution in [0, 0.1) is 0 Å². The van der Waals surface area contributed by atoms with Crippen molar-refractivity contribution in [1.82, 2.24) is 0 Å². The smallest absolute Gasteiger partial charge is 0.108 e. The third-order valence-electron chi connectivity index (χ3n) is 2.91. The second-order valence-corrected chi connectivity index (χ2v) is 3.96. The van der Waals surface area contributed by atoms with Crippen LogP contribution in [0.5, 0.6) is 0 Å². The minimum atomic E-state index is -0.601. The molecule has 2 aromatic rings. The van der Waals surface area contributed by atoms with Crippen LogP contribution in [0.1, 0.15) is 17.9 Å². The lowest BCUT2D eigenvalue weighted by Crippen LogP contribution is -1.82. The van der Waals surface area contributed by atoms with Gasteiger partial charge >= 0.3 is 0 Å². The Balaban J connectivity index is 2.11. The Bertz CT molecular complexity index is 475. The van der Waals surface area contributed by atoms with Gasteiger partial charge in [-0.1, -0.05) is 42.5 Å². The third-order valence-corrected chi connectivity index (χ3v) is 2.91. The maximum Gasteiger partial charge on any atom is 0.108 e. The Morgan fingerprint density at radius 3 is 2.43 bits per heavy atom. The number of hydrogen-bond acceptors (Lipinski definition) is 0. The minimum Gasteiger partial charge on any atom is -0.247 e. The zero-order chi connectivity index (χ0) is 9.54. The Morgan fingerprint density at radius 1 is 1.00 bits per heavy atom. The Hall–Kier alpha value is -1.37. The van der Waals surface area contributed by atoms with Crippen LogP contribution in [-0.4, -0.2) is 6.17 Å². The van der Waals surface area contributed by atoms with E-state index in [2.05, 4.69) is 24.3 Å². The van der Waals surface area contributed by atoms with E-state index >= 15 is 0 Å². The van der Waals surface area contributed by atoms with Crippen LogP contribution in [0.4, 0.5) is 4.39 Å². The average Bonchev–Trinajstić information content (AvgIpc) is 2.95. The van der Waals surface area contributed by atoms with Crippen molar-refractivity contribution in [3.05, 3.63) is 48.0 Å². The molecular weight excluding hydrogens is 175 g/mol. The molecule has 0 aliphatic heterocycles. The normalized spacial score (nSPS) is 25.2. The fourth-order valence-electron chi connectivity index (χ4n) is 1.95. The summed E-state index contributed by atoms with van der Waals surface area (Å²) in [6.07, 6.45) is 0.106. The number of alkyl halides is 1. The van der Waals surface area contributed by atoms with Crippen molar-refractivity contribution in [3.8, 4) is 0 Å². The van der Waals surface area contributed by atoms with Crippen molar-refractivity contribution < 1.29 is 4.39 Å². The molecule has 1 aliphatic rings. The third kappa shape index (κ3) is 1.20. The van der Waals surface area contributed by atoms with Crippen molar-refractivity contribution in [3.63, 3.8) is 0 Å². The largest absolute Gasteiger partial charge is 0.247 e. The van der Waals surface area contributed by atoms with Crippen molar-refractivity contribution >= 4 is 10.8 Å². The summed E-state index contributed by atoms with van der Waals surface area (Å²) in [5.74, 6) is 0.166. The number of fused-ring (bicyclic) bond motifs is 1. The molecule has 70 valence electrons. The van der Waals surface area contributed by atoms with Gasteiger partial charge in [0.25, 0.3) is 0 Å². The van der Waals surface area contributed by atoms with Gasteiger partial charge in [0, 0.05) is 5.92 Å². The fourth-order valence-corrected chi connectivity index (χ4v) is 1.95. The molecule has 0 amide bonds. The van der Waals surface area contributed by atoms with Crippen LogP contribution < -0.4 is 0 Å². The summed E-state index contributed by atoms with van der Waals surface area (Å²) in [4.78, 5) is 0. The van der Waals surface area contributed by atoms with E-state index in [0.29, 0.717) is 6.42 Å². The lowest BCUT2D eigenvalue weighted by Gasteiger charge is -2.01. The number of rotatable bonds is 1. The van der Waals surface area contributed by atoms with Crippen LogP contribution in [0.15, 0.2) is 42.5 Å². The number of hydrogen-bond donors (Lipinski definition) is 0. The minimum absolute atomic E-state index is 0.166. The standard InChI is InChI=1S/C13H11F/c14-13-8-12(13)11-6-5-9-3-1-2-4-10(9)7-11/h1-7,12-13H,8H2/t12-,13+/m0/s1. The maximum absolute atomic E-state index is 12.9. The molecule has 0 radical (unpaired) electrons. The van der Waals surface area contributed by atoms with E-state index in [0.717, 1.165) is 5.56 Å². The molecule has 0 unspecified atom stereocenters. The molecule has 1 saturated carbocycles. The molecule has 0 saturated heterocycles. The summed E-state index contributed by atoms with van der Waals surface area (Å²) in [5.41, 5.74) is 1.15. The molecule has 2 atom stereocenters. The van der Waals surface area contributed by atoms with Gasteiger partial charge < -0.3 is 0 Å². The van der Waals surface area contributed by atoms with E-state index in [-0.39, 0.29) is 5.92 Å². The topological polar surface area (TPSA) is 0 Å². The molecular formula is C13H11F. The van der Waals surface area contributed by atoms with Gasteiger partial charge in [-0.2, -0.15) is 0 Å². The lowest BCUT2D eigenvalue weighted by molar-refractivity contribution is 0.468. The summed E-state index contributed by atoms with van der Waals surface area (Å²) in [5, 5.41) is 2.44. The highest BCUT2D eigenvalue weighted by Crippen LogP contribution is 2.43. The Labute approximate surface area is 82.4 Å². The highest BCUT2D eigenvalue weighted by molar-refractivity contribution is 5.83. The van der Waals surface area contributed by atoms with Gasteiger partial charge in [0.1, 0.15) is 6.17 Å². The van der Waals surface area contributed by atoms with E-state index in [1.807, 2.05) is 18.2 Å². The predicted molar refractivity (Wildman–Crippen MR) is 56.2 cm³/mol. The first-order chi connectivity index (χ1) is 6.84. The Kier molecular flexibility index (Phi) is 1.60. The van der Waals surface area contributed by atoms with Gasteiger partial charge in [0.05, 0.1) is 0 Å². The molecule has 0 bridgehead atoms. The van der Waals surface area contributed by atoms with Gasteiger partial charge in [-0.15, -0.1) is 0 Å². The molecule has 0 N–H and O–H groups in total. The fraction of sp³-hybridized carbons (Fsp3) is 0.231. The molecule has 1 heteroatoms. The summed E-state index contributed by atoms with van der Waals surface area (Å²) in [7, 11) is 0. The van der Waals surface area contributed by atoms with E-state index in [9.17, 15) is 4.39 Å². The van der Waals surface area contributed by atoms with E-state index in [1.165, 1.54) is 10.8 Å². The highest BCUT2D eigenvalue weighted by atomic mass is 19.1. The molecule has 14 heavy (non-hydrogen) atoms. The highest BCUT2D eigenvalue weighted by Gasteiger charge is 2.38. The van der Waals surface area contributed by atoms with Crippen LogP contribution >= 0.6 is 0 Å². The summed E-state index contributed by atoms with van der Waals surface area (Å²) >= 11 is 0. The van der Waals surface area contributed by atoms with E-state index < -0.39 is 6.17 Å². The molecule has 0 aromatic heterocycles. The van der Waals surface area contributed by atoms with Crippen LogP contribution in [-0.2, 0) is 0 Å². The number of benzene rings is 2. The van der Waals surface area contributed by atoms with Gasteiger partial charge in [-0.3, -0.25) is 0 Å². The first kappa shape index (κ1) is 7.98. The average molecular weight is 186 g/mol. The quantitative estimate of drug-likeness (QED) is 0.637. The molecule has 2 aromatic carbocycles.